The van der Waals surface area contributed by atoms with E-state index in [1.807, 2.05) is 29.0 Å². The second-order valence-corrected chi connectivity index (χ2v) is 19.2. The van der Waals surface area contributed by atoms with Gasteiger partial charge in [-0.1, -0.05) is 18.2 Å². The van der Waals surface area contributed by atoms with E-state index in [1.54, 1.807) is 18.3 Å². The van der Waals surface area contributed by atoms with Crippen LogP contribution in [0.25, 0.3) is 22.2 Å². The molecule has 2 atom stereocenters. The van der Waals surface area contributed by atoms with Gasteiger partial charge in [0.2, 0.25) is 17.6 Å². The molecule has 66 heavy (non-hydrogen) atoms. The number of anilines is 2. The van der Waals surface area contributed by atoms with Crippen LogP contribution in [-0.2, 0) is 19.8 Å². The van der Waals surface area contributed by atoms with Gasteiger partial charge in [0.15, 0.2) is 5.82 Å². The quantitative estimate of drug-likeness (QED) is 0.0644. The largest absolute Gasteiger partial charge is 0.372 e. The van der Waals surface area contributed by atoms with Gasteiger partial charge >= 0.3 is 10.2 Å². The summed E-state index contributed by atoms with van der Waals surface area (Å²) >= 11 is 0. The average Bonchev–Trinajstić information content (AvgIpc) is 3.95. The molecular weight excluding hydrogens is 881 g/mol. The number of hydrogen-bond acceptors (Lipinski definition) is 9. The highest BCUT2D eigenvalue weighted by molar-refractivity contribution is 7.90. The van der Waals surface area contributed by atoms with Crippen LogP contribution in [0.2, 0.25) is 0 Å². The van der Waals surface area contributed by atoms with Crippen LogP contribution in [0.1, 0.15) is 82.7 Å². The fourth-order valence-corrected chi connectivity index (χ4v) is 10.8. The molecule has 4 fully saturated rings. The molecule has 5 aromatic rings. The van der Waals surface area contributed by atoms with Gasteiger partial charge in [-0.05, 0) is 117 Å². The number of carbonyl (C=O) groups excluding carboxylic acids is 4. The Morgan fingerprint density at radius 1 is 0.818 bits per heavy atom. The highest BCUT2D eigenvalue weighted by Gasteiger charge is 2.34. The lowest BCUT2D eigenvalue weighted by Crippen LogP contribution is -2.52. The smallest absolute Gasteiger partial charge is 0.301 e. The van der Waals surface area contributed by atoms with Gasteiger partial charge in [0.25, 0.3) is 5.91 Å². The summed E-state index contributed by atoms with van der Waals surface area (Å²) < 4.78 is 88.2. The van der Waals surface area contributed by atoms with Crippen LogP contribution in [0, 0.1) is 23.4 Å². The lowest BCUT2D eigenvalue weighted by atomic mass is 9.87. The van der Waals surface area contributed by atoms with Gasteiger partial charge in [-0.3, -0.25) is 29.2 Å². The first-order valence-electron chi connectivity index (χ1n) is 22.1. The number of likely N-dealkylation sites (tertiary alicyclic amines) is 1. The van der Waals surface area contributed by atoms with Crippen LogP contribution in [0.5, 0.6) is 0 Å². The van der Waals surface area contributed by atoms with Crippen LogP contribution >= 0.6 is 0 Å². The number of aromatic nitrogens is 2. The first-order chi connectivity index (χ1) is 31.7. The molecule has 4 N–H and O–H groups in total. The molecule has 2 aromatic heterocycles. The van der Waals surface area contributed by atoms with Gasteiger partial charge in [-0.2, -0.15) is 12.7 Å². The first kappa shape index (κ1) is 45.0. The van der Waals surface area contributed by atoms with Crippen LogP contribution in [0.3, 0.4) is 0 Å². The Hall–Kier alpha value is -6.18. The molecule has 4 aliphatic rings. The molecule has 0 radical (unpaired) electrons. The van der Waals surface area contributed by atoms with Gasteiger partial charge in [0.05, 0.1) is 16.8 Å². The second kappa shape index (κ2) is 18.6. The van der Waals surface area contributed by atoms with Crippen molar-refractivity contribution in [2.24, 2.45) is 5.92 Å². The maximum Gasteiger partial charge on any atom is 0.301 e. The number of aromatic amines is 1. The summed E-state index contributed by atoms with van der Waals surface area (Å²) in [7, 11) is -4.36. The Morgan fingerprint density at radius 2 is 1.58 bits per heavy atom. The minimum Gasteiger partial charge on any atom is -0.372 e. The SMILES string of the molecule is O=C1CC[C@@H](NC(=O)c2ccc(C3CCN(CC4CCN(c5ccc(-c6cnc7[nH]cc(C(=O)c8c(F)ccc(NS(=O)(=O)N9CC[C@@H](F)C9)c8F)c7c6)cc5)CC4)CC3)cc2F)C(=O)N1. The lowest BCUT2D eigenvalue weighted by molar-refractivity contribution is -0.134. The van der Waals surface area contributed by atoms with Crippen molar-refractivity contribution in [2.75, 3.05) is 55.4 Å². The molecule has 14 nitrogen and oxygen atoms in total. The number of H-pyrrole nitrogens is 1. The number of ketones is 1. The number of amides is 3. The molecule has 346 valence electrons. The summed E-state index contributed by atoms with van der Waals surface area (Å²) in [6, 6.07) is 15.2. The topological polar surface area (TPSA) is 177 Å². The molecule has 3 amide bonds. The molecule has 0 spiro atoms. The number of hydrogen-bond donors (Lipinski definition) is 4. The maximum absolute atomic E-state index is 15.8. The minimum absolute atomic E-state index is 0.00246. The molecule has 0 aliphatic carbocycles. The average molecular weight is 929 g/mol. The Labute approximate surface area is 378 Å². The van der Waals surface area contributed by atoms with E-state index >= 15 is 13.2 Å². The summed E-state index contributed by atoms with van der Waals surface area (Å²) in [5.74, 6) is -5.19. The number of fused-ring (bicyclic) bond motifs is 1. The number of piperidine rings is 3. The lowest BCUT2D eigenvalue weighted by Gasteiger charge is -2.38. The molecular formula is C47H48F4N8O6S. The zero-order valence-corrected chi connectivity index (χ0v) is 36.6. The normalized spacial score (nSPS) is 20.5. The predicted molar refractivity (Wildman–Crippen MR) is 238 cm³/mol. The molecule has 6 heterocycles. The van der Waals surface area contributed by atoms with Crippen molar-refractivity contribution < 1.29 is 45.2 Å². The Bertz CT molecular complexity index is 2810. The van der Waals surface area contributed by atoms with Gasteiger partial charge in [0, 0.05) is 73.7 Å². The molecule has 4 saturated heterocycles. The van der Waals surface area contributed by atoms with Gasteiger partial charge in [-0.15, -0.1) is 0 Å². The Morgan fingerprint density at radius 3 is 2.27 bits per heavy atom. The zero-order chi connectivity index (χ0) is 46.3. The van der Waals surface area contributed by atoms with E-state index < -0.39 is 81.2 Å². The van der Waals surface area contributed by atoms with Crippen molar-refractivity contribution >= 4 is 56.1 Å². The monoisotopic (exact) mass is 928 g/mol. The number of alkyl halides is 1. The fraction of sp³-hybridized carbons (Fsp3) is 0.383. The van der Waals surface area contributed by atoms with Crippen molar-refractivity contribution in [3.05, 3.63) is 113 Å². The number of imide groups is 1. The Balaban J connectivity index is 0.774. The van der Waals surface area contributed by atoms with Crippen molar-refractivity contribution in [3.63, 3.8) is 0 Å². The third-order valence-corrected chi connectivity index (χ3v) is 14.8. The van der Waals surface area contributed by atoms with Crippen molar-refractivity contribution in [3.8, 4) is 11.1 Å². The molecule has 0 bridgehead atoms. The van der Waals surface area contributed by atoms with E-state index in [0.717, 1.165) is 91.7 Å². The van der Waals surface area contributed by atoms with E-state index in [0.29, 0.717) is 22.5 Å². The number of halogens is 4. The summed E-state index contributed by atoms with van der Waals surface area (Å²) in [6.45, 7) is 4.04. The van der Waals surface area contributed by atoms with Crippen molar-refractivity contribution in [1.82, 2.24) is 29.8 Å². The van der Waals surface area contributed by atoms with Crippen molar-refractivity contribution in [2.45, 2.75) is 63.1 Å². The number of benzene rings is 3. The Kier molecular flexibility index (Phi) is 12.7. The number of rotatable bonds is 12. The third kappa shape index (κ3) is 9.41. The molecule has 19 heteroatoms. The van der Waals surface area contributed by atoms with Crippen LogP contribution in [0.4, 0.5) is 28.9 Å². The molecule has 0 saturated carbocycles. The molecule has 4 aliphatic heterocycles. The zero-order valence-electron chi connectivity index (χ0n) is 35.8. The molecule has 0 unspecified atom stereocenters. The fourth-order valence-electron chi connectivity index (χ4n) is 9.52. The third-order valence-electron chi connectivity index (χ3n) is 13.3. The van der Waals surface area contributed by atoms with E-state index in [1.165, 1.54) is 18.3 Å². The molecule has 9 rings (SSSR count). The number of pyridine rings is 1. The second-order valence-electron chi connectivity index (χ2n) is 17.6. The minimum atomic E-state index is -4.36. The van der Waals surface area contributed by atoms with E-state index in [4.69, 9.17) is 0 Å². The summed E-state index contributed by atoms with van der Waals surface area (Å²) in [5.41, 5.74) is 1.94. The van der Waals surface area contributed by atoms with Crippen LogP contribution in [0.15, 0.2) is 73.1 Å². The molecule has 3 aromatic carbocycles. The number of nitrogens with zero attached hydrogens (tertiary/aromatic N) is 4. The summed E-state index contributed by atoms with van der Waals surface area (Å²) in [4.78, 5) is 62.1. The number of nitrogens with one attached hydrogen (secondary N) is 4. The van der Waals surface area contributed by atoms with Gasteiger partial charge < -0.3 is 20.1 Å². The van der Waals surface area contributed by atoms with E-state index in [2.05, 4.69) is 30.4 Å². The highest BCUT2D eigenvalue weighted by atomic mass is 32.2. The van der Waals surface area contributed by atoms with Crippen LogP contribution in [-0.4, -0.2) is 109 Å². The summed E-state index contributed by atoms with van der Waals surface area (Å²) in [6.07, 6.45) is 5.66. The van der Waals surface area contributed by atoms with E-state index in [9.17, 15) is 32.0 Å². The van der Waals surface area contributed by atoms with E-state index in [-0.39, 0.29) is 42.9 Å². The van der Waals surface area contributed by atoms with Crippen molar-refractivity contribution in [1.29, 1.82) is 0 Å². The predicted octanol–water partition coefficient (Wildman–Crippen LogP) is 6.21. The van der Waals surface area contributed by atoms with Gasteiger partial charge in [0.1, 0.15) is 29.5 Å². The summed E-state index contributed by atoms with van der Waals surface area (Å²) in [5, 5.41) is 5.04. The maximum atomic E-state index is 15.8. The van der Waals surface area contributed by atoms with Gasteiger partial charge in [-0.25, -0.2) is 22.5 Å². The standard InChI is InChI=1S/C47H48F4N8O6S/c48-32-15-20-59(26-32)66(64,65)56-39-8-7-37(49)42(43(39)51)44(61)36-24-53-45-35(36)21-31(23-52-45)28-1-4-33(5-2-28)58-18-11-27(12-19-58)25-57-16-13-29(14-17-57)30-3-6-34(38(50)22-30)46(62)54-40-9-10-41(60)55-47(40)63/h1-8,21-24,27,29,32,40,56H,9-20,25-26H2,(H,52,53)(H,54,62)(H,55,60,63)/t32-,40-/m1/s1. The first-order valence-corrected chi connectivity index (χ1v) is 23.6. The highest BCUT2D eigenvalue weighted by Crippen LogP contribution is 2.34. The van der Waals surface area contributed by atoms with Crippen LogP contribution < -0.4 is 20.3 Å². The number of carbonyl (C=O) groups is 4.